The van der Waals surface area contributed by atoms with Gasteiger partial charge in [0.15, 0.2) is 0 Å². The van der Waals surface area contributed by atoms with Crippen molar-refractivity contribution in [1.82, 2.24) is 19.9 Å². The minimum Gasteiger partial charge on any atom is -0.469 e. The van der Waals surface area contributed by atoms with Crippen LogP contribution >= 0.6 is 36.2 Å². The predicted octanol–water partition coefficient (Wildman–Crippen LogP) is 3.32. The van der Waals surface area contributed by atoms with Crippen molar-refractivity contribution >= 4 is 42.1 Å². The van der Waals surface area contributed by atoms with Crippen LogP contribution in [0.3, 0.4) is 0 Å². The summed E-state index contributed by atoms with van der Waals surface area (Å²) in [7, 11) is 1.38. The highest BCUT2D eigenvalue weighted by Gasteiger charge is 2.36. The standard InChI is InChI=1S/C17H25F3N4O2S.2ClH/c1-26-15(25)5-4-13-11-21-16(27-13)14-3-2-6-24(14)23-9-7-22(8-10-23)12-17(18,19)20;;/h11,14H,2-10,12H2,1H3;2*1H/t14-;;/m0../s1. The maximum absolute atomic E-state index is 12.6. The fourth-order valence-electron chi connectivity index (χ4n) is 3.67. The Bertz CT molecular complexity index is 642. The number of carbonyl (C=O) groups is 1. The SMILES string of the molecule is COC(=O)CCc1cnc([C@@H]2CCCN2N2CCN(CC(F)(F)F)CC2)s1.Cl.Cl. The van der Waals surface area contributed by atoms with E-state index in [-0.39, 0.29) is 36.8 Å². The van der Waals surface area contributed by atoms with E-state index in [1.54, 1.807) is 11.3 Å². The lowest BCUT2D eigenvalue weighted by molar-refractivity contribution is -0.156. The average Bonchev–Trinajstić information content (AvgIpc) is 3.28. The third-order valence-electron chi connectivity index (χ3n) is 5.00. The van der Waals surface area contributed by atoms with Crippen molar-refractivity contribution in [2.45, 2.75) is 37.9 Å². The fraction of sp³-hybridized carbons (Fsp3) is 0.765. The first-order valence-electron chi connectivity index (χ1n) is 9.18. The van der Waals surface area contributed by atoms with E-state index >= 15 is 0 Å². The number of hydrogen-bond acceptors (Lipinski definition) is 7. The molecule has 0 radical (unpaired) electrons. The molecule has 12 heteroatoms. The number of hydrogen-bond donors (Lipinski definition) is 0. The van der Waals surface area contributed by atoms with Crippen LogP contribution in [0.4, 0.5) is 13.2 Å². The van der Waals surface area contributed by atoms with Crippen LogP contribution in [0, 0.1) is 0 Å². The summed E-state index contributed by atoms with van der Waals surface area (Å²) in [5.74, 6) is -0.232. The van der Waals surface area contributed by atoms with Crippen LogP contribution in [0.2, 0.25) is 0 Å². The Morgan fingerprint density at radius 3 is 2.55 bits per heavy atom. The number of ether oxygens (including phenoxy) is 1. The molecule has 3 rings (SSSR count). The van der Waals surface area contributed by atoms with Crippen LogP contribution in [-0.2, 0) is 16.0 Å². The number of rotatable bonds is 6. The van der Waals surface area contributed by atoms with Gasteiger partial charge in [0.1, 0.15) is 5.01 Å². The number of halogens is 5. The van der Waals surface area contributed by atoms with Crippen molar-refractivity contribution in [3.8, 4) is 0 Å². The van der Waals surface area contributed by atoms with E-state index < -0.39 is 12.7 Å². The topological polar surface area (TPSA) is 48.9 Å². The second-order valence-corrected chi connectivity index (χ2v) is 8.05. The first-order valence-corrected chi connectivity index (χ1v) is 9.99. The molecule has 0 aromatic carbocycles. The highest BCUT2D eigenvalue weighted by molar-refractivity contribution is 7.11. The van der Waals surface area contributed by atoms with Gasteiger partial charge in [-0.05, 0) is 19.3 Å². The first-order chi connectivity index (χ1) is 12.9. The smallest absolute Gasteiger partial charge is 0.401 e. The number of aryl methyl sites for hydroxylation is 1. The number of nitrogens with zero attached hydrogens (tertiary/aromatic N) is 4. The van der Waals surface area contributed by atoms with E-state index in [1.807, 2.05) is 6.20 Å². The summed E-state index contributed by atoms with van der Waals surface area (Å²) in [6.45, 7) is 2.12. The first kappa shape index (κ1) is 26.4. The number of alkyl halides is 3. The summed E-state index contributed by atoms with van der Waals surface area (Å²) < 4.78 is 42.3. The predicted molar refractivity (Wildman–Crippen MR) is 110 cm³/mol. The van der Waals surface area contributed by atoms with Gasteiger partial charge in [0.2, 0.25) is 0 Å². The molecule has 0 bridgehead atoms. The normalized spacial score (nSPS) is 21.4. The van der Waals surface area contributed by atoms with Gasteiger partial charge in [-0.25, -0.2) is 15.0 Å². The van der Waals surface area contributed by atoms with Crippen LogP contribution < -0.4 is 0 Å². The van der Waals surface area contributed by atoms with E-state index in [0.29, 0.717) is 39.0 Å². The molecule has 29 heavy (non-hydrogen) atoms. The molecular weight excluding hydrogens is 452 g/mol. The molecule has 0 amide bonds. The molecule has 2 aliphatic heterocycles. The molecule has 168 valence electrons. The average molecular weight is 479 g/mol. The van der Waals surface area contributed by atoms with E-state index in [0.717, 1.165) is 29.3 Å². The second-order valence-electron chi connectivity index (χ2n) is 6.91. The molecular formula is C17H27Cl2F3N4O2S. The van der Waals surface area contributed by atoms with Crippen molar-refractivity contribution in [3.05, 3.63) is 16.1 Å². The Kier molecular flexibility index (Phi) is 10.6. The van der Waals surface area contributed by atoms with Gasteiger partial charge < -0.3 is 4.74 Å². The summed E-state index contributed by atoms with van der Waals surface area (Å²) in [6, 6.07) is 0.177. The molecule has 3 heterocycles. The summed E-state index contributed by atoms with van der Waals surface area (Å²) in [5, 5.41) is 5.47. The lowest BCUT2D eigenvalue weighted by Crippen LogP contribution is -2.54. The second kappa shape index (κ2) is 11.7. The van der Waals surface area contributed by atoms with Crippen molar-refractivity contribution in [3.63, 3.8) is 0 Å². The van der Waals surface area contributed by atoms with Gasteiger partial charge in [-0.1, -0.05) is 0 Å². The Labute approximate surface area is 185 Å². The monoisotopic (exact) mass is 478 g/mol. The van der Waals surface area contributed by atoms with Crippen molar-refractivity contribution < 1.29 is 22.7 Å². The Morgan fingerprint density at radius 1 is 1.24 bits per heavy atom. The molecule has 0 saturated carbocycles. The fourth-order valence-corrected chi connectivity index (χ4v) is 4.73. The molecule has 0 N–H and O–H groups in total. The summed E-state index contributed by atoms with van der Waals surface area (Å²) in [6.07, 6.45) is 0.679. The number of aromatic nitrogens is 1. The molecule has 1 aromatic rings. The van der Waals surface area contributed by atoms with Crippen molar-refractivity contribution in [2.24, 2.45) is 0 Å². The molecule has 0 unspecified atom stereocenters. The van der Waals surface area contributed by atoms with Crippen LogP contribution in [-0.4, -0.2) is 78.4 Å². The number of methoxy groups -OCH3 is 1. The van der Waals surface area contributed by atoms with Crippen molar-refractivity contribution in [1.29, 1.82) is 0 Å². The summed E-state index contributed by atoms with van der Waals surface area (Å²) >= 11 is 1.61. The molecule has 2 saturated heterocycles. The lowest BCUT2D eigenvalue weighted by atomic mass is 10.2. The minimum absolute atomic E-state index is 0. The number of thiazole rings is 1. The van der Waals surface area contributed by atoms with Crippen LogP contribution in [0.5, 0.6) is 0 Å². The minimum atomic E-state index is -4.14. The third kappa shape index (κ3) is 7.52. The zero-order valence-electron chi connectivity index (χ0n) is 16.2. The van der Waals surface area contributed by atoms with Gasteiger partial charge in [-0.15, -0.1) is 36.2 Å². The zero-order chi connectivity index (χ0) is 19.4. The molecule has 1 aromatic heterocycles. The zero-order valence-corrected chi connectivity index (χ0v) is 18.6. The van der Waals surface area contributed by atoms with E-state index in [2.05, 4.69) is 19.7 Å². The quantitative estimate of drug-likeness (QED) is 0.584. The highest BCUT2D eigenvalue weighted by Crippen LogP contribution is 2.36. The molecule has 6 nitrogen and oxygen atoms in total. The largest absolute Gasteiger partial charge is 0.469 e. The Hall–Kier alpha value is -0.650. The maximum atomic E-state index is 12.6. The molecule has 0 spiro atoms. The highest BCUT2D eigenvalue weighted by atomic mass is 35.5. The summed E-state index contributed by atoms with van der Waals surface area (Å²) in [5.41, 5.74) is 0. The van der Waals surface area contributed by atoms with Gasteiger partial charge >= 0.3 is 12.1 Å². The number of hydrazine groups is 1. The van der Waals surface area contributed by atoms with Crippen molar-refractivity contribution in [2.75, 3.05) is 46.4 Å². The van der Waals surface area contributed by atoms with Gasteiger partial charge in [-0.2, -0.15) is 13.2 Å². The maximum Gasteiger partial charge on any atom is 0.401 e. The molecule has 2 aliphatic rings. The number of esters is 1. The van der Waals surface area contributed by atoms with Gasteiger partial charge in [0.25, 0.3) is 0 Å². The van der Waals surface area contributed by atoms with Gasteiger partial charge in [0.05, 0.1) is 26.1 Å². The summed E-state index contributed by atoms with van der Waals surface area (Å²) in [4.78, 5) is 18.4. The van der Waals surface area contributed by atoms with Gasteiger partial charge in [-0.3, -0.25) is 9.69 Å². The third-order valence-corrected chi connectivity index (χ3v) is 6.16. The Balaban J connectivity index is 0.00000210. The van der Waals surface area contributed by atoms with Gasteiger partial charge in [0, 0.05) is 43.8 Å². The van der Waals surface area contributed by atoms with E-state index in [9.17, 15) is 18.0 Å². The van der Waals surface area contributed by atoms with E-state index in [4.69, 9.17) is 0 Å². The Morgan fingerprint density at radius 2 is 1.93 bits per heavy atom. The molecule has 2 fully saturated rings. The number of piperazine rings is 1. The lowest BCUT2D eigenvalue weighted by Gasteiger charge is -2.41. The van der Waals surface area contributed by atoms with E-state index in [1.165, 1.54) is 12.0 Å². The number of carbonyl (C=O) groups excluding carboxylic acids is 1. The molecule has 0 aliphatic carbocycles. The molecule has 1 atom stereocenters. The van der Waals surface area contributed by atoms with Crippen LogP contribution in [0.25, 0.3) is 0 Å². The van der Waals surface area contributed by atoms with Crippen LogP contribution in [0.15, 0.2) is 6.20 Å². The van der Waals surface area contributed by atoms with Crippen LogP contribution in [0.1, 0.15) is 35.2 Å².